The third-order valence-corrected chi connectivity index (χ3v) is 3.16. The number of urea groups is 1. The Labute approximate surface area is 101 Å². The first-order chi connectivity index (χ1) is 8.10. The quantitative estimate of drug-likeness (QED) is 0.571. The summed E-state index contributed by atoms with van der Waals surface area (Å²) in [6.45, 7) is 1.33. The number of hydrogen-bond acceptors (Lipinski definition) is 3. The largest absolute Gasteiger partial charge is 0.481 e. The molecular weight excluding hydrogens is 224 g/mol. The van der Waals surface area contributed by atoms with Crippen molar-refractivity contribution in [1.82, 2.24) is 10.6 Å². The van der Waals surface area contributed by atoms with Crippen LogP contribution in [0.1, 0.15) is 25.7 Å². The average Bonchev–Trinajstić information content (AvgIpc) is 2.22. The lowest BCUT2D eigenvalue weighted by Crippen LogP contribution is -2.49. The van der Waals surface area contributed by atoms with Gasteiger partial charge in [-0.1, -0.05) is 6.42 Å². The third-order valence-electron chi connectivity index (χ3n) is 3.16. The second-order valence-electron chi connectivity index (χ2n) is 4.39. The molecule has 2 amide bonds. The number of aliphatic carboxylic acids is 1. The zero-order valence-electron chi connectivity index (χ0n) is 10.1. The lowest BCUT2D eigenvalue weighted by Gasteiger charge is -2.37. The maximum atomic E-state index is 11.4. The molecule has 0 unspecified atom stereocenters. The molecule has 0 aromatic rings. The van der Waals surface area contributed by atoms with E-state index in [2.05, 4.69) is 10.6 Å². The minimum absolute atomic E-state index is 0.207. The number of carboxylic acid groups (broad SMARTS) is 1. The molecule has 98 valence electrons. The third kappa shape index (κ3) is 3.89. The Kier molecular flexibility index (Phi) is 5.21. The molecule has 3 N–H and O–H groups in total. The Morgan fingerprint density at radius 3 is 2.53 bits per heavy atom. The molecule has 1 fully saturated rings. The summed E-state index contributed by atoms with van der Waals surface area (Å²) in [4.78, 5) is 22.4. The number of nitrogens with one attached hydrogen (secondary N) is 2. The molecule has 6 heteroatoms. The van der Waals surface area contributed by atoms with E-state index in [1.165, 1.54) is 0 Å². The monoisotopic (exact) mass is 244 g/mol. The van der Waals surface area contributed by atoms with E-state index in [4.69, 9.17) is 9.84 Å². The van der Waals surface area contributed by atoms with Crippen molar-refractivity contribution in [2.75, 3.05) is 26.8 Å². The first-order valence-corrected chi connectivity index (χ1v) is 5.85. The van der Waals surface area contributed by atoms with Crippen LogP contribution in [0.2, 0.25) is 0 Å². The lowest BCUT2D eigenvalue weighted by molar-refractivity contribution is -0.153. The van der Waals surface area contributed by atoms with Gasteiger partial charge in [0.2, 0.25) is 0 Å². The van der Waals surface area contributed by atoms with E-state index < -0.39 is 11.4 Å². The van der Waals surface area contributed by atoms with E-state index in [0.717, 1.165) is 12.8 Å². The van der Waals surface area contributed by atoms with Crippen molar-refractivity contribution in [2.45, 2.75) is 25.7 Å². The Morgan fingerprint density at radius 1 is 1.35 bits per heavy atom. The first kappa shape index (κ1) is 13.8. The van der Waals surface area contributed by atoms with Gasteiger partial charge in [-0.15, -0.1) is 0 Å². The summed E-state index contributed by atoms with van der Waals surface area (Å²) < 4.78 is 4.85. The van der Waals surface area contributed by atoms with Gasteiger partial charge in [-0.2, -0.15) is 0 Å². The van der Waals surface area contributed by atoms with E-state index in [-0.39, 0.29) is 12.6 Å². The lowest BCUT2D eigenvalue weighted by atomic mass is 9.69. The topological polar surface area (TPSA) is 87.7 Å². The van der Waals surface area contributed by atoms with Crippen LogP contribution in [-0.4, -0.2) is 43.9 Å². The number of amides is 2. The van der Waals surface area contributed by atoms with Crippen molar-refractivity contribution in [2.24, 2.45) is 5.41 Å². The van der Waals surface area contributed by atoms with E-state index >= 15 is 0 Å². The molecular formula is C11H20N2O4. The van der Waals surface area contributed by atoms with Gasteiger partial charge in [-0.05, 0) is 19.3 Å². The SMILES string of the molecule is COCCCNC(=O)NCC1(C(=O)O)CCC1. The number of rotatable bonds is 7. The van der Waals surface area contributed by atoms with Crippen LogP contribution in [0.5, 0.6) is 0 Å². The van der Waals surface area contributed by atoms with E-state index in [9.17, 15) is 9.59 Å². The van der Waals surface area contributed by atoms with Crippen molar-refractivity contribution in [3.63, 3.8) is 0 Å². The Hall–Kier alpha value is -1.30. The predicted molar refractivity (Wildman–Crippen MR) is 61.8 cm³/mol. The molecule has 0 saturated heterocycles. The second-order valence-corrected chi connectivity index (χ2v) is 4.39. The van der Waals surface area contributed by atoms with Crippen molar-refractivity contribution >= 4 is 12.0 Å². The Bertz CT molecular complexity index is 277. The van der Waals surface area contributed by atoms with Gasteiger partial charge in [0.15, 0.2) is 0 Å². The van der Waals surface area contributed by atoms with Gasteiger partial charge in [0, 0.05) is 26.8 Å². The van der Waals surface area contributed by atoms with Crippen LogP contribution >= 0.6 is 0 Å². The molecule has 1 rings (SSSR count). The molecule has 17 heavy (non-hydrogen) atoms. The van der Waals surface area contributed by atoms with Crippen LogP contribution in [-0.2, 0) is 9.53 Å². The molecule has 1 aliphatic rings. The highest BCUT2D eigenvalue weighted by molar-refractivity contribution is 5.78. The molecule has 0 radical (unpaired) electrons. The van der Waals surface area contributed by atoms with Gasteiger partial charge in [0.25, 0.3) is 0 Å². The van der Waals surface area contributed by atoms with Crippen molar-refractivity contribution in [3.8, 4) is 0 Å². The number of carbonyl (C=O) groups excluding carboxylic acids is 1. The van der Waals surface area contributed by atoms with Gasteiger partial charge in [-0.3, -0.25) is 4.79 Å². The molecule has 0 aromatic heterocycles. The number of hydrogen-bond donors (Lipinski definition) is 3. The predicted octanol–water partition coefficient (Wildman–Crippen LogP) is 0.577. The number of methoxy groups -OCH3 is 1. The van der Waals surface area contributed by atoms with Gasteiger partial charge in [0.1, 0.15) is 0 Å². The van der Waals surface area contributed by atoms with Gasteiger partial charge < -0.3 is 20.5 Å². The smallest absolute Gasteiger partial charge is 0.314 e. The maximum absolute atomic E-state index is 11.4. The van der Waals surface area contributed by atoms with Crippen LogP contribution in [0.3, 0.4) is 0 Å². The summed E-state index contributed by atoms with van der Waals surface area (Å²) in [7, 11) is 1.60. The van der Waals surface area contributed by atoms with Crippen LogP contribution < -0.4 is 10.6 Å². The Balaban J connectivity index is 2.16. The standard InChI is InChI=1S/C11H20N2O4/c1-17-7-3-6-12-10(16)13-8-11(9(14)15)4-2-5-11/h2-8H2,1H3,(H,14,15)(H2,12,13,16). The molecule has 0 aromatic carbocycles. The van der Waals surface area contributed by atoms with E-state index in [1.54, 1.807) is 7.11 Å². The fraction of sp³-hybridized carbons (Fsp3) is 0.818. The summed E-state index contributed by atoms with van der Waals surface area (Å²) in [5.41, 5.74) is -0.732. The van der Waals surface area contributed by atoms with Gasteiger partial charge >= 0.3 is 12.0 Å². The summed E-state index contributed by atoms with van der Waals surface area (Å²) in [6.07, 6.45) is 2.95. The minimum Gasteiger partial charge on any atom is -0.481 e. The summed E-state index contributed by atoms with van der Waals surface area (Å²) >= 11 is 0. The minimum atomic E-state index is -0.816. The molecule has 0 heterocycles. The number of ether oxygens (including phenoxy) is 1. The normalized spacial score (nSPS) is 17.0. The molecule has 0 aliphatic heterocycles. The number of carbonyl (C=O) groups is 2. The second kappa shape index (κ2) is 6.44. The van der Waals surface area contributed by atoms with Crippen molar-refractivity contribution in [3.05, 3.63) is 0 Å². The van der Waals surface area contributed by atoms with Crippen molar-refractivity contribution < 1.29 is 19.4 Å². The first-order valence-electron chi connectivity index (χ1n) is 5.85. The fourth-order valence-electron chi connectivity index (χ4n) is 1.80. The zero-order chi connectivity index (χ0) is 12.7. The van der Waals surface area contributed by atoms with Crippen LogP contribution in [0.25, 0.3) is 0 Å². The van der Waals surface area contributed by atoms with Crippen LogP contribution in [0, 0.1) is 5.41 Å². The summed E-state index contributed by atoms with van der Waals surface area (Å²) in [5.74, 6) is -0.816. The van der Waals surface area contributed by atoms with Gasteiger partial charge in [0.05, 0.1) is 5.41 Å². The molecule has 6 nitrogen and oxygen atoms in total. The van der Waals surface area contributed by atoms with Crippen LogP contribution in [0.4, 0.5) is 4.79 Å². The molecule has 0 atom stereocenters. The summed E-state index contributed by atoms with van der Waals surface area (Å²) in [6, 6.07) is -0.311. The highest BCUT2D eigenvalue weighted by atomic mass is 16.5. The van der Waals surface area contributed by atoms with E-state index in [1.807, 2.05) is 0 Å². The maximum Gasteiger partial charge on any atom is 0.314 e. The highest BCUT2D eigenvalue weighted by Crippen LogP contribution is 2.40. The highest BCUT2D eigenvalue weighted by Gasteiger charge is 2.44. The van der Waals surface area contributed by atoms with Crippen molar-refractivity contribution in [1.29, 1.82) is 0 Å². The van der Waals surface area contributed by atoms with E-state index in [0.29, 0.717) is 26.0 Å². The van der Waals surface area contributed by atoms with Crippen LogP contribution in [0.15, 0.2) is 0 Å². The number of carboxylic acids is 1. The molecule has 0 spiro atoms. The fourth-order valence-corrected chi connectivity index (χ4v) is 1.80. The zero-order valence-corrected chi connectivity index (χ0v) is 10.1. The molecule has 1 aliphatic carbocycles. The molecule has 0 bridgehead atoms. The molecule has 1 saturated carbocycles. The summed E-state index contributed by atoms with van der Waals surface area (Å²) in [5, 5.41) is 14.3. The average molecular weight is 244 g/mol. The van der Waals surface area contributed by atoms with Gasteiger partial charge in [-0.25, -0.2) is 4.79 Å². The Morgan fingerprint density at radius 2 is 2.06 bits per heavy atom.